The third-order valence-electron chi connectivity index (χ3n) is 2.47. The smallest absolute Gasteiger partial charge is 0.246 e. The Hall–Kier alpha value is -2.03. The molecule has 0 aliphatic heterocycles. The van der Waals surface area contributed by atoms with E-state index in [1.165, 1.54) is 0 Å². The first-order valence-electron chi connectivity index (χ1n) is 5.14. The maximum atomic E-state index is 11.4. The average Bonchev–Trinajstić information content (AvgIpc) is 2.73. The van der Waals surface area contributed by atoms with Gasteiger partial charge in [-0.3, -0.25) is 4.79 Å². The van der Waals surface area contributed by atoms with Crippen molar-refractivity contribution in [2.75, 3.05) is 14.1 Å². The summed E-state index contributed by atoms with van der Waals surface area (Å²) in [6.45, 7) is 0. The molecule has 82 valence electrons. The number of aromatic amines is 1. The lowest BCUT2D eigenvalue weighted by Gasteiger charge is -2.05. The van der Waals surface area contributed by atoms with Gasteiger partial charge in [0.2, 0.25) is 5.91 Å². The van der Waals surface area contributed by atoms with Gasteiger partial charge < -0.3 is 9.88 Å². The molecule has 0 atom stereocenters. The summed E-state index contributed by atoms with van der Waals surface area (Å²) in [5.41, 5.74) is 2.13. The Bertz CT molecular complexity index is 538. The van der Waals surface area contributed by atoms with Crippen molar-refractivity contribution >= 4 is 22.9 Å². The van der Waals surface area contributed by atoms with Gasteiger partial charge >= 0.3 is 0 Å². The molecule has 1 N–H and O–H groups in total. The summed E-state index contributed by atoms with van der Waals surface area (Å²) < 4.78 is 0. The molecular formula is C13H14N2O. The molecule has 0 saturated carbocycles. The Morgan fingerprint density at radius 1 is 1.31 bits per heavy atom. The van der Waals surface area contributed by atoms with E-state index in [2.05, 4.69) is 4.98 Å². The Labute approximate surface area is 94.4 Å². The largest absolute Gasteiger partial charge is 0.361 e. The summed E-state index contributed by atoms with van der Waals surface area (Å²) >= 11 is 0. The number of benzene rings is 1. The maximum absolute atomic E-state index is 11.4. The van der Waals surface area contributed by atoms with Crippen LogP contribution in [0.1, 0.15) is 5.56 Å². The molecule has 16 heavy (non-hydrogen) atoms. The lowest BCUT2D eigenvalue weighted by molar-refractivity contribution is -0.123. The lowest BCUT2D eigenvalue weighted by Crippen LogP contribution is -2.18. The van der Waals surface area contributed by atoms with Gasteiger partial charge in [0.25, 0.3) is 0 Å². The Balaban J connectivity index is 2.34. The van der Waals surface area contributed by atoms with Gasteiger partial charge in [-0.15, -0.1) is 0 Å². The molecule has 0 bridgehead atoms. The number of nitrogens with zero attached hydrogens (tertiary/aromatic N) is 1. The number of carbonyl (C=O) groups excluding carboxylic acids is 1. The quantitative estimate of drug-likeness (QED) is 0.765. The highest BCUT2D eigenvalue weighted by Gasteiger charge is 2.00. The van der Waals surface area contributed by atoms with Crippen LogP contribution in [-0.4, -0.2) is 29.9 Å². The average molecular weight is 214 g/mol. The van der Waals surface area contributed by atoms with Crippen LogP contribution < -0.4 is 0 Å². The summed E-state index contributed by atoms with van der Waals surface area (Å²) in [5, 5.41) is 1.13. The van der Waals surface area contributed by atoms with Crippen LogP contribution in [0.2, 0.25) is 0 Å². The van der Waals surface area contributed by atoms with Crippen LogP contribution in [-0.2, 0) is 4.79 Å². The number of rotatable bonds is 2. The summed E-state index contributed by atoms with van der Waals surface area (Å²) in [6.07, 6.45) is 5.33. The Morgan fingerprint density at radius 2 is 2.12 bits per heavy atom. The zero-order valence-corrected chi connectivity index (χ0v) is 9.40. The topological polar surface area (TPSA) is 36.1 Å². The summed E-state index contributed by atoms with van der Waals surface area (Å²) in [6, 6.07) is 7.99. The van der Waals surface area contributed by atoms with Crippen LogP contribution >= 0.6 is 0 Å². The van der Waals surface area contributed by atoms with Crippen molar-refractivity contribution in [3.8, 4) is 0 Å². The first-order valence-corrected chi connectivity index (χ1v) is 5.14. The minimum atomic E-state index is -0.00691. The summed E-state index contributed by atoms with van der Waals surface area (Å²) in [5.74, 6) is -0.00691. The molecule has 1 heterocycles. The lowest BCUT2D eigenvalue weighted by atomic mass is 10.1. The first-order chi connectivity index (χ1) is 7.68. The molecular weight excluding hydrogens is 200 g/mol. The van der Waals surface area contributed by atoms with Crippen LogP contribution in [0.5, 0.6) is 0 Å². The third-order valence-corrected chi connectivity index (χ3v) is 2.47. The van der Waals surface area contributed by atoms with Crippen LogP contribution in [0.15, 0.2) is 36.5 Å². The molecule has 1 aromatic heterocycles. The van der Waals surface area contributed by atoms with Crippen molar-refractivity contribution in [2.24, 2.45) is 0 Å². The number of amides is 1. The van der Waals surface area contributed by atoms with E-state index >= 15 is 0 Å². The minimum absolute atomic E-state index is 0.00691. The standard InChI is InChI=1S/C13H14N2O/c1-15(2)13(16)7-6-10-4-3-5-12-11(10)8-9-14-12/h3-9,14H,1-2H3. The van der Waals surface area contributed by atoms with Gasteiger partial charge in [-0.05, 0) is 23.8 Å². The molecule has 0 unspecified atom stereocenters. The number of likely N-dealkylation sites (N-methyl/N-ethyl adjacent to an activating group) is 1. The van der Waals surface area contributed by atoms with Crippen molar-refractivity contribution in [3.05, 3.63) is 42.1 Å². The third kappa shape index (κ3) is 1.98. The van der Waals surface area contributed by atoms with E-state index in [1.807, 2.05) is 36.5 Å². The van der Waals surface area contributed by atoms with Crippen molar-refractivity contribution in [1.82, 2.24) is 9.88 Å². The van der Waals surface area contributed by atoms with Gasteiger partial charge in [-0.1, -0.05) is 12.1 Å². The van der Waals surface area contributed by atoms with Gasteiger partial charge in [0, 0.05) is 37.3 Å². The summed E-state index contributed by atoms with van der Waals surface area (Å²) in [7, 11) is 3.48. The fourth-order valence-electron chi connectivity index (χ4n) is 1.57. The van der Waals surface area contributed by atoms with Crippen LogP contribution in [0, 0.1) is 0 Å². The number of H-pyrrole nitrogens is 1. The van der Waals surface area contributed by atoms with Crippen molar-refractivity contribution < 1.29 is 4.79 Å². The van der Waals surface area contributed by atoms with Crippen molar-refractivity contribution in [3.63, 3.8) is 0 Å². The van der Waals surface area contributed by atoms with Crippen molar-refractivity contribution in [2.45, 2.75) is 0 Å². The van der Waals surface area contributed by atoms with E-state index in [-0.39, 0.29) is 5.91 Å². The SMILES string of the molecule is CN(C)C(=O)C=Cc1cccc2[nH]ccc12. The van der Waals surface area contributed by atoms with Gasteiger partial charge in [0.15, 0.2) is 0 Å². The van der Waals surface area contributed by atoms with Gasteiger partial charge in [0.05, 0.1) is 0 Å². The molecule has 0 aliphatic carbocycles. The second kappa shape index (κ2) is 4.23. The highest BCUT2D eigenvalue weighted by Crippen LogP contribution is 2.18. The molecule has 0 saturated heterocycles. The van der Waals surface area contributed by atoms with Crippen LogP contribution in [0.4, 0.5) is 0 Å². The van der Waals surface area contributed by atoms with Crippen LogP contribution in [0.25, 0.3) is 17.0 Å². The Morgan fingerprint density at radius 3 is 2.88 bits per heavy atom. The number of nitrogens with one attached hydrogen (secondary N) is 1. The number of hydrogen-bond donors (Lipinski definition) is 1. The van der Waals surface area contributed by atoms with E-state index in [0.29, 0.717) is 0 Å². The maximum Gasteiger partial charge on any atom is 0.246 e. The van der Waals surface area contributed by atoms with Crippen LogP contribution in [0.3, 0.4) is 0 Å². The molecule has 0 fully saturated rings. The second-order valence-electron chi connectivity index (χ2n) is 3.85. The molecule has 1 amide bonds. The molecule has 3 nitrogen and oxygen atoms in total. The van der Waals surface area contributed by atoms with E-state index in [9.17, 15) is 4.79 Å². The fraction of sp³-hybridized carbons (Fsp3) is 0.154. The normalized spacial score (nSPS) is 11.1. The Kier molecular flexibility index (Phi) is 2.77. The molecule has 0 aliphatic rings. The zero-order valence-electron chi connectivity index (χ0n) is 9.40. The number of fused-ring (bicyclic) bond motifs is 1. The molecule has 0 spiro atoms. The fourth-order valence-corrected chi connectivity index (χ4v) is 1.57. The number of carbonyl (C=O) groups is 1. The number of hydrogen-bond acceptors (Lipinski definition) is 1. The van der Waals surface area contributed by atoms with Crippen molar-refractivity contribution in [1.29, 1.82) is 0 Å². The zero-order chi connectivity index (χ0) is 11.5. The molecule has 2 aromatic rings. The highest BCUT2D eigenvalue weighted by atomic mass is 16.2. The molecule has 1 aromatic carbocycles. The van der Waals surface area contributed by atoms with E-state index in [4.69, 9.17) is 0 Å². The van der Waals surface area contributed by atoms with Gasteiger partial charge in [0.1, 0.15) is 0 Å². The monoisotopic (exact) mass is 214 g/mol. The second-order valence-corrected chi connectivity index (χ2v) is 3.85. The minimum Gasteiger partial charge on any atom is -0.361 e. The van der Waals surface area contributed by atoms with E-state index in [1.54, 1.807) is 25.1 Å². The molecule has 2 rings (SSSR count). The summed E-state index contributed by atoms with van der Waals surface area (Å²) in [4.78, 5) is 16.1. The molecule has 3 heteroatoms. The van der Waals surface area contributed by atoms with E-state index in [0.717, 1.165) is 16.5 Å². The predicted octanol–water partition coefficient (Wildman–Crippen LogP) is 2.27. The number of aromatic nitrogens is 1. The van der Waals surface area contributed by atoms with Gasteiger partial charge in [-0.25, -0.2) is 0 Å². The van der Waals surface area contributed by atoms with Gasteiger partial charge in [-0.2, -0.15) is 0 Å². The first kappa shape index (κ1) is 10.5. The molecule has 0 radical (unpaired) electrons. The van der Waals surface area contributed by atoms with E-state index < -0.39 is 0 Å². The predicted molar refractivity (Wildman–Crippen MR) is 66.0 cm³/mol. The highest BCUT2D eigenvalue weighted by molar-refractivity contribution is 5.95.